The zero-order valence-corrected chi connectivity index (χ0v) is 41.7. The summed E-state index contributed by atoms with van der Waals surface area (Å²) in [5, 5.41) is 99.3. The van der Waals surface area contributed by atoms with Crippen LogP contribution in [0.25, 0.3) is 0 Å². The van der Waals surface area contributed by atoms with Crippen molar-refractivity contribution in [2.24, 2.45) is 50.2 Å². The monoisotopic (exact) mass is 979 g/mol. The van der Waals surface area contributed by atoms with E-state index in [-0.39, 0.29) is 24.9 Å². The number of ether oxygens (including phenoxy) is 6. The Morgan fingerprint density at radius 2 is 1.38 bits per heavy atom. The summed E-state index contributed by atoms with van der Waals surface area (Å²) in [6.45, 7) is 18.0. The molecule has 21 atom stereocenters. The first kappa shape index (κ1) is 53.9. The number of rotatable bonds is 11. The lowest BCUT2D eigenvalue weighted by atomic mass is 9.33. The minimum Gasteiger partial charge on any atom is -0.479 e. The van der Waals surface area contributed by atoms with Crippen molar-refractivity contribution in [1.82, 2.24) is 0 Å². The highest BCUT2D eigenvalue weighted by Crippen LogP contribution is 2.76. The molecule has 2 aliphatic heterocycles. The van der Waals surface area contributed by atoms with Gasteiger partial charge in [-0.3, -0.25) is 0 Å². The van der Waals surface area contributed by atoms with Gasteiger partial charge in [-0.25, -0.2) is 14.4 Å². The Morgan fingerprint density at radius 1 is 0.754 bits per heavy atom. The molecule has 4 saturated carbocycles. The number of hydrogen-bond acceptors (Lipinski definition) is 17. The number of allylic oxidation sites excluding steroid dienone is 4. The van der Waals surface area contributed by atoms with Crippen molar-refractivity contribution in [2.75, 3.05) is 19.8 Å². The zero-order chi connectivity index (χ0) is 51.1. The van der Waals surface area contributed by atoms with Crippen molar-refractivity contribution in [3.63, 3.8) is 0 Å². The lowest BCUT2D eigenvalue weighted by molar-refractivity contribution is -0.367. The molecule has 7 aliphatic rings. The first-order valence-electron chi connectivity index (χ1n) is 24.7. The van der Waals surface area contributed by atoms with Crippen LogP contribution >= 0.6 is 0 Å². The van der Waals surface area contributed by atoms with Crippen LogP contribution in [0.5, 0.6) is 0 Å². The topological polar surface area (TPSA) is 289 Å². The molecule has 0 aromatic rings. The first-order chi connectivity index (χ1) is 32.2. The average Bonchev–Trinajstić information content (AvgIpc) is 3.29. The van der Waals surface area contributed by atoms with E-state index in [0.717, 1.165) is 5.57 Å². The van der Waals surface area contributed by atoms with Crippen LogP contribution < -0.4 is 0 Å². The molecule has 0 aromatic carbocycles. The molecule has 9 N–H and O–H groups in total. The lowest BCUT2D eigenvalue weighted by Crippen LogP contribution is -2.72. The molecular formula is C51H78O18. The normalized spacial score (nSPS) is 48.7. The van der Waals surface area contributed by atoms with Crippen molar-refractivity contribution in [3.05, 3.63) is 34.9 Å². The van der Waals surface area contributed by atoms with Crippen molar-refractivity contribution < 1.29 is 88.8 Å². The number of carboxylic acids is 1. The first-order valence-corrected chi connectivity index (χ1v) is 24.7. The molecule has 7 rings (SSSR count). The molecule has 69 heavy (non-hydrogen) atoms. The Labute approximate surface area is 404 Å². The number of fused-ring (bicyclic) bond motifs is 7. The number of aliphatic hydroxyl groups excluding tert-OH is 8. The van der Waals surface area contributed by atoms with Crippen LogP contribution in [0.15, 0.2) is 34.9 Å². The summed E-state index contributed by atoms with van der Waals surface area (Å²) >= 11 is 0. The fraction of sp³-hybridized carbons (Fsp3) is 0.824. The van der Waals surface area contributed by atoms with Crippen LogP contribution in [0.3, 0.4) is 0 Å². The van der Waals surface area contributed by atoms with Gasteiger partial charge in [-0.15, -0.1) is 0 Å². The number of carbonyl (C=O) groups is 3. The molecule has 0 bridgehead atoms. The van der Waals surface area contributed by atoms with Crippen LogP contribution in [-0.4, -0.2) is 163 Å². The molecule has 0 radical (unpaired) electrons. The molecule has 0 amide bonds. The summed E-state index contributed by atoms with van der Waals surface area (Å²) < 4.78 is 36.4. The predicted molar refractivity (Wildman–Crippen MR) is 244 cm³/mol. The van der Waals surface area contributed by atoms with Gasteiger partial charge in [-0.2, -0.15) is 0 Å². The number of carboxylic acid groups (broad SMARTS) is 1. The third kappa shape index (κ3) is 8.37. The molecule has 5 aliphatic carbocycles. The molecular weight excluding hydrogens is 901 g/mol. The van der Waals surface area contributed by atoms with E-state index >= 15 is 0 Å². The van der Waals surface area contributed by atoms with Crippen LogP contribution in [0.4, 0.5) is 0 Å². The Balaban J connectivity index is 1.22. The van der Waals surface area contributed by atoms with E-state index < -0.39 is 149 Å². The second kappa shape index (κ2) is 19.2. The summed E-state index contributed by atoms with van der Waals surface area (Å²) in [7, 11) is 0. The van der Waals surface area contributed by atoms with E-state index in [4.69, 9.17) is 28.4 Å². The van der Waals surface area contributed by atoms with Gasteiger partial charge in [0.25, 0.3) is 0 Å². The quantitative estimate of drug-likeness (QED) is 0.0622. The molecule has 18 heteroatoms. The molecule has 0 aromatic heterocycles. The van der Waals surface area contributed by atoms with Crippen molar-refractivity contribution in [2.45, 2.75) is 194 Å². The van der Waals surface area contributed by atoms with E-state index in [2.05, 4.69) is 26.8 Å². The Hall–Kier alpha value is -2.85. The zero-order valence-electron chi connectivity index (χ0n) is 41.7. The fourth-order valence-corrected chi connectivity index (χ4v) is 14.6. The highest BCUT2D eigenvalue weighted by Gasteiger charge is 2.74. The summed E-state index contributed by atoms with van der Waals surface area (Å²) in [4.78, 5) is 39.5. The third-order valence-corrected chi connectivity index (χ3v) is 19.2. The third-order valence-electron chi connectivity index (χ3n) is 19.2. The molecule has 18 nitrogen and oxygen atoms in total. The molecule has 0 spiro atoms. The molecule has 6 fully saturated rings. The predicted octanol–water partition coefficient (Wildman–Crippen LogP) is 2.44. The Kier molecular flexibility index (Phi) is 15.0. The van der Waals surface area contributed by atoms with Crippen LogP contribution in [-0.2, 0) is 42.8 Å². The molecule has 390 valence electrons. The molecule has 2 saturated heterocycles. The SMILES string of the molecule is C/C=C(/C)C(=O)O[C@H]1[C@H](OC(=O)/C(C)=C\C)[C@]2(CO)[C@H](O)C[C@]3(C)C(=CC[C@@H]4[C@@]5(C)CC[C@H](O[C@@H]6O[C@H](C(=O)O)[C@@H](O)[C@H](O)[C@H]6O[C@@H]6OC[C@@H](O)[C@H](O)[C@H]6O)[C@](C)(CO)C5CC[C@]43C)[C@@H]2CC1(C)C. The fourth-order valence-electron chi connectivity index (χ4n) is 14.6. The molecule has 2 heterocycles. The van der Waals surface area contributed by atoms with Crippen LogP contribution in [0, 0.1) is 50.2 Å². The summed E-state index contributed by atoms with van der Waals surface area (Å²) in [5.74, 6) is -3.45. The smallest absolute Gasteiger partial charge is 0.335 e. The minimum absolute atomic E-state index is 0.000293. The van der Waals surface area contributed by atoms with Gasteiger partial charge in [0.05, 0.1) is 37.4 Å². The maximum absolute atomic E-state index is 13.7. The lowest BCUT2D eigenvalue weighted by Gasteiger charge is -2.72. The van der Waals surface area contributed by atoms with Crippen LogP contribution in [0.1, 0.15) is 114 Å². The Morgan fingerprint density at radius 3 is 1.96 bits per heavy atom. The average molecular weight is 979 g/mol. The van der Waals surface area contributed by atoms with Crippen molar-refractivity contribution >= 4 is 17.9 Å². The molecule has 1 unspecified atom stereocenters. The van der Waals surface area contributed by atoms with E-state index in [9.17, 15) is 60.3 Å². The van der Waals surface area contributed by atoms with E-state index in [1.165, 1.54) is 0 Å². The van der Waals surface area contributed by atoms with Crippen LogP contribution in [0.2, 0.25) is 0 Å². The highest BCUT2D eigenvalue weighted by molar-refractivity contribution is 5.89. The minimum atomic E-state index is -1.99. The van der Waals surface area contributed by atoms with Gasteiger partial charge in [-0.1, -0.05) is 65.3 Å². The summed E-state index contributed by atoms with van der Waals surface area (Å²) in [6.07, 6.45) is -10.9. The Bertz CT molecular complexity index is 2050. The second-order valence-corrected chi connectivity index (χ2v) is 23.0. The number of hydrogen-bond donors (Lipinski definition) is 9. The van der Waals surface area contributed by atoms with Crippen molar-refractivity contribution in [3.8, 4) is 0 Å². The van der Waals surface area contributed by atoms with Gasteiger partial charge < -0.3 is 74.4 Å². The summed E-state index contributed by atoms with van der Waals surface area (Å²) in [5.41, 5.74) is -2.96. The van der Waals surface area contributed by atoms with Gasteiger partial charge in [0.15, 0.2) is 24.8 Å². The maximum atomic E-state index is 13.7. The van der Waals surface area contributed by atoms with E-state index in [0.29, 0.717) is 49.7 Å². The van der Waals surface area contributed by atoms with Gasteiger partial charge >= 0.3 is 17.9 Å². The highest BCUT2D eigenvalue weighted by atomic mass is 16.8. The second-order valence-electron chi connectivity index (χ2n) is 23.0. The van der Waals surface area contributed by atoms with Gasteiger partial charge in [0.1, 0.15) is 42.7 Å². The van der Waals surface area contributed by atoms with Gasteiger partial charge in [0, 0.05) is 22.0 Å². The number of aliphatic carboxylic acids is 1. The number of aliphatic hydroxyl groups is 8. The van der Waals surface area contributed by atoms with E-state index in [1.807, 2.05) is 20.8 Å². The maximum Gasteiger partial charge on any atom is 0.335 e. The van der Waals surface area contributed by atoms with Gasteiger partial charge in [0.2, 0.25) is 0 Å². The number of carbonyl (C=O) groups excluding carboxylic acids is 2. The standard InChI is InChI=1S/C51H78O18/c1-11-24(3)42(62)68-39-40(69-43(63)25(4)12-2)51(23-53)27(19-46(39,5)6)26-13-14-30-47(7)17-16-32(48(8,22-52)29(47)15-18-49(30,9)50(26,10)20-31(51)55)65-45-38(35(58)34(57)37(66-45)41(60)61)67-44-36(59)33(56)28(54)21-64-44/h11-13,27-40,44-45,52-59H,14-23H2,1-10H3,(H,60,61)/b24-11-,25-12-/t27-,28+,29?,30+,31+,32-,33-,34-,35-,36+,37-,38+,39-,40-,44-,45+,47-,48+,49+,50+,51-/m0/s1. The number of esters is 2. The van der Waals surface area contributed by atoms with Crippen molar-refractivity contribution in [1.29, 1.82) is 0 Å². The van der Waals surface area contributed by atoms with Gasteiger partial charge in [-0.05, 0) is 107 Å². The largest absolute Gasteiger partial charge is 0.479 e. The van der Waals surface area contributed by atoms with E-state index in [1.54, 1.807) is 39.8 Å². The summed E-state index contributed by atoms with van der Waals surface area (Å²) in [6, 6.07) is 0.